The molecule has 1 amide bonds. The van der Waals surface area contributed by atoms with Crippen LogP contribution in [0.4, 0.5) is 5.69 Å². The van der Waals surface area contributed by atoms with E-state index in [9.17, 15) is 18.0 Å². The minimum Gasteiger partial charge on any atom is -0.452 e. The molecule has 1 aromatic carbocycles. The second-order valence-electron chi connectivity index (χ2n) is 5.09. The number of aromatic nitrogens is 1. The second-order valence-corrected chi connectivity index (χ2v) is 7.38. The maximum absolute atomic E-state index is 12.1. The third-order valence-corrected chi connectivity index (χ3v) is 5.35. The van der Waals surface area contributed by atoms with Crippen LogP contribution >= 0.6 is 11.6 Å². The number of esters is 1. The third-order valence-electron chi connectivity index (χ3n) is 3.35. The van der Waals surface area contributed by atoms with E-state index in [-0.39, 0.29) is 21.3 Å². The number of sulfonamides is 1. The number of halogens is 1. The molecule has 0 aliphatic carbocycles. The summed E-state index contributed by atoms with van der Waals surface area (Å²) < 4.78 is 29.7. The standard InChI is InChI=1S/C16H16ClN3O6S/c1-20(25-2)27(23,24)12-7-5-11(6-8-12)16(22)26-10-14(21)19-13-4-3-9-18-15(13)17/h3-9H,10H2,1-2H3,(H,19,21). The summed E-state index contributed by atoms with van der Waals surface area (Å²) in [6, 6.07) is 8.15. The highest BCUT2D eigenvalue weighted by Crippen LogP contribution is 2.18. The fourth-order valence-corrected chi connectivity index (χ4v) is 3.03. The van der Waals surface area contributed by atoms with Crippen LogP contribution in [0.25, 0.3) is 0 Å². The van der Waals surface area contributed by atoms with Gasteiger partial charge in [-0.25, -0.2) is 18.2 Å². The van der Waals surface area contributed by atoms with Crippen molar-refractivity contribution in [3.05, 3.63) is 53.3 Å². The molecular formula is C16H16ClN3O6S. The number of anilines is 1. The summed E-state index contributed by atoms with van der Waals surface area (Å²) in [7, 11) is -1.36. The van der Waals surface area contributed by atoms with Crippen LogP contribution in [-0.4, -0.2) is 50.5 Å². The molecule has 0 bridgehead atoms. The topological polar surface area (TPSA) is 115 Å². The number of pyridine rings is 1. The highest BCUT2D eigenvalue weighted by atomic mass is 35.5. The lowest BCUT2D eigenvalue weighted by molar-refractivity contribution is -0.119. The van der Waals surface area contributed by atoms with Crippen LogP contribution < -0.4 is 5.32 Å². The van der Waals surface area contributed by atoms with Gasteiger partial charge in [-0.2, -0.15) is 0 Å². The van der Waals surface area contributed by atoms with Crippen LogP contribution in [0.15, 0.2) is 47.5 Å². The van der Waals surface area contributed by atoms with Crippen LogP contribution in [0, 0.1) is 0 Å². The first-order chi connectivity index (χ1) is 12.8. The Labute approximate surface area is 160 Å². The van der Waals surface area contributed by atoms with Crippen molar-refractivity contribution in [3.63, 3.8) is 0 Å². The van der Waals surface area contributed by atoms with Gasteiger partial charge in [-0.3, -0.25) is 9.63 Å². The van der Waals surface area contributed by atoms with Crippen molar-refractivity contribution in [1.29, 1.82) is 0 Å². The fraction of sp³-hybridized carbons (Fsp3) is 0.188. The Hall–Kier alpha value is -2.53. The number of amides is 1. The normalized spacial score (nSPS) is 11.3. The third kappa shape index (κ3) is 5.23. The fourth-order valence-electron chi connectivity index (χ4n) is 1.89. The summed E-state index contributed by atoms with van der Waals surface area (Å²) in [5.74, 6) is -1.38. The van der Waals surface area contributed by atoms with E-state index in [1.165, 1.54) is 44.6 Å². The minimum atomic E-state index is -3.82. The van der Waals surface area contributed by atoms with E-state index < -0.39 is 28.5 Å². The molecule has 0 saturated carbocycles. The van der Waals surface area contributed by atoms with Gasteiger partial charge in [0, 0.05) is 13.2 Å². The number of nitrogens with one attached hydrogen (secondary N) is 1. The number of ether oxygens (including phenoxy) is 1. The van der Waals surface area contributed by atoms with E-state index in [0.29, 0.717) is 4.47 Å². The number of carbonyl (C=O) groups is 2. The van der Waals surface area contributed by atoms with Gasteiger partial charge in [0.2, 0.25) is 0 Å². The van der Waals surface area contributed by atoms with Crippen LogP contribution in [0.2, 0.25) is 5.15 Å². The minimum absolute atomic E-state index is 0.0626. The lowest BCUT2D eigenvalue weighted by Crippen LogP contribution is -2.25. The van der Waals surface area contributed by atoms with Gasteiger partial charge >= 0.3 is 5.97 Å². The van der Waals surface area contributed by atoms with Crippen molar-refractivity contribution < 1.29 is 27.6 Å². The smallest absolute Gasteiger partial charge is 0.338 e. The maximum atomic E-state index is 12.1. The van der Waals surface area contributed by atoms with Gasteiger partial charge in [0.1, 0.15) is 0 Å². The van der Waals surface area contributed by atoms with E-state index in [1.807, 2.05) is 0 Å². The molecule has 0 radical (unpaired) electrons. The second kappa shape index (κ2) is 8.91. The average Bonchev–Trinajstić information content (AvgIpc) is 2.67. The molecular weight excluding hydrogens is 398 g/mol. The SMILES string of the molecule is CON(C)S(=O)(=O)c1ccc(C(=O)OCC(=O)Nc2cccnc2Cl)cc1. The van der Waals surface area contributed by atoms with Gasteiger partial charge in [-0.15, -0.1) is 0 Å². The molecule has 1 N–H and O–H groups in total. The zero-order valence-electron chi connectivity index (χ0n) is 14.4. The highest BCUT2D eigenvalue weighted by molar-refractivity contribution is 7.89. The van der Waals surface area contributed by atoms with Crippen LogP contribution in [0.3, 0.4) is 0 Å². The van der Waals surface area contributed by atoms with Crippen molar-refractivity contribution in [2.75, 3.05) is 26.1 Å². The Bertz CT molecular complexity index is 933. The Morgan fingerprint density at radius 2 is 1.89 bits per heavy atom. The average molecular weight is 414 g/mol. The molecule has 0 fully saturated rings. The molecule has 144 valence electrons. The zero-order chi connectivity index (χ0) is 20.0. The largest absolute Gasteiger partial charge is 0.452 e. The molecule has 0 saturated heterocycles. The van der Waals surface area contributed by atoms with Gasteiger partial charge in [-0.1, -0.05) is 16.1 Å². The first kappa shape index (κ1) is 20.8. The number of rotatable bonds is 7. The van der Waals surface area contributed by atoms with Gasteiger partial charge in [0.15, 0.2) is 11.8 Å². The van der Waals surface area contributed by atoms with E-state index in [1.54, 1.807) is 12.1 Å². The predicted molar refractivity (Wildman–Crippen MR) is 96.6 cm³/mol. The Morgan fingerprint density at radius 1 is 1.22 bits per heavy atom. The number of nitrogens with zero attached hydrogens (tertiary/aromatic N) is 2. The van der Waals surface area contributed by atoms with Crippen LogP contribution in [0.5, 0.6) is 0 Å². The number of carbonyl (C=O) groups excluding carboxylic acids is 2. The first-order valence-corrected chi connectivity index (χ1v) is 9.28. The van der Waals surface area contributed by atoms with Gasteiger partial charge in [-0.05, 0) is 36.4 Å². The van der Waals surface area contributed by atoms with Crippen molar-refractivity contribution in [3.8, 4) is 0 Å². The van der Waals surface area contributed by atoms with Crippen molar-refractivity contribution in [1.82, 2.24) is 9.45 Å². The maximum Gasteiger partial charge on any atom is 0.338 e. The zero-order valence-corrected chi connectivity index (χ0v) is 16.0. The number of hydroxylamine groups is 1. The van der Waals surface area contributed by atoms with Crippen LogP contribution in [-0.2, 0) is 24.4 Å². The quantitative estimate of drug-likeness (QED) is 0.417. The monoisotopic (exact) mass is 413 g/mol. The molecule has 0 aliphatic heterocycles. The Kier molecular flexibility index (Phi) is 6.86. The lowest BCUT2D eigenvalue weighted by Gasteiger charge is -2.14. The van der Waals surface area contributed by atoms with Crippen molar-refractivity contribution >= 4 is 39.2 Å². The van der Waals surface area contributed by atoms with Crippen molar-refractivity contribution in [2.45, 2.75) is 4.90 Å². The summed E-state index contributed by atoms with van der Waals surface area (Å²) in [6.45, 7) is -0.545. The Balaban J connectivity index is 1.96. The molecule has 1 heterocycles. The molecule has 0 atom stereocenters. The highest BCUT2D eigenvalue weighted by Gasteiger charge is 2.21. The number of benzene rings is 1. The van der Waals surface area contributed by atoms with E-state index in [2.05, 4.69) is 15.1 Å². The van der Waals surface area contributed by atoms with Gasteiger partial charge in [0.25, 0.3) is 15.9 Å². The molecule has 0 aliphatic rings. The van der Waals surface area contributed by atoms with Gasteiger partial charge < -0.3 is 10.1 Å². The predicted octanol–water partition coefficient (Wildman–Crippen LogP) is 1.71. The van der Waals surface area contributed by atoms with Crippen LogP contribution in [0.1, 0.15) is 10.4 Å². The van der Waals surface area contributed by atoms with E-state index >= 15 is 0 Å². The molecule has 1 aromatic heterocycles. The summed E-state index contributed by atoms with van der Waals surface area (Å²) in [5, 5.41) is 2.56. The molecule has 11 heteroatoms. The van der Waals surface area contributed by atoms with Crippen molar-refractivity contribution in [2.24, 2.45) is 0 Å². The lowest BCUT2D eigenvalue weighted by atomic mass is 10.2. The van der Waals surface area contributed by atoms with E-state index in [4.69, 9.17) is 16.3 Å². The first-order valence-electron chi connectivity index (χ1n) is 7.46. The summed E-state index contributed by atoms with van der Waals surface area (Å²) in [4.78, 5) is 32.2. The molecule has 9 nitrogen and oxygen atoms in total. The molecule has 27 heavy (non-hydrogen) atoms. The van der Waals surface area contributed by atoms with Gasteiger partial charge in [0.05, 0.1) is 23.3 Å². The summed E-state index contributed by atoms with van der Waals surface area (Å²) in [5.41, 5.74) is 0.373. The molecule has 0 unspecified atom stereocenters. The summed E-state index contributed by atoms with van der Waals surface area (Å²) in [6.07, 6.45) is 1.46. The molecule has 0 spiro atoms. The Morgan fingerprint density at radius 3 is 2.48 bits per heavy atom. The molecule has 2 aromatic rings. The number of hydrogen-bond donors (Lipinski definition) is 1. The summed E-state index contributed by atoms with van der Waals surface area (Å²) >= 11 is 5.82. The van der Waals surface area contributed by atoms with E-state index in [0.717, 1.165) is 0 Å². The molecule has 2 rings (SSSR count). The number of hydrogen-bond acceptors (Lipinski definition) is 7.